The molecule has 0 radical (unpaired) electrons. The van der Waals surface area contributed by atoms with Crippen molar-refractivity contribution in [3.8, 4) is 0 Å². The maximum atomic E-state index is 9.23. The van der Waals surface area contributed by atoms with Crippen LogP contribution in [0, 0.1) is 11.8 Å². The zero-order chi connectivity index (χ0) is 11.1. The van der Waals surface area contributed by atoms with Crippen molar-refractivity contribution in [3.05, 3.63) is 12.2 Å². The van der Waals surface area contributed by atoms with Crippen LogP contribution in [0.1, 0.15) is 39.5 Å². The lowest BCUT2D eigenvalue weighted by atomic mass is 9.94. The second-order valence-corrected chi connectivity index (χ2v) is 5.07. The van der Waals surface area contributed by atoms with Gasteiger partial charge in [-0.25, -0.2) is 0 Å². The van der Waals surface area contributed by atoms with Crippen LogP contribution in [-0.4, -0.2) is 24.3 Å². The number of rotatable bonds is 6. The first kappa shape index (κ1) is 12.7. The highest BCUT2D eigenvalue weighted by Gasteiger charge is 2.13. The molecule has 0 unspecified atom stereocenters. The average molecular weight is 211 g/mol. The summed E-state index contributed by atoms with van der Waals surface area (Å²) >= 11 is 0. The highest BCUT2D eigenvalue weighted by molar-refractivity contribution is 4.90. The molecule has 0 heterocycles. The lowest BCUT2D eigenvalue weighted by molar-refractivity contribution is 0.217. The Labute approximate surface area is 93.8 Å². The third kappa shape index (κ3) is 5.33. The van der Waals surface area contributed by atoms with Crippen molar-refractivity contribution in [1.29, 1.82) is 0 Å². The summed E-state index contributed by atoms with van der Waals surface area (Å²) in [4.78, 5) is 0. The van der Waals surface area contributed by atoms with Gasteiger partial charge in [-0.3, -0.25) is 0 Å². The number of nitrogens with one attached hydrogen (secondary N) is 1. The van der Waals surface area contributed by atoms with Crippen LogP contribution in [-0.2, 0) is 0 Å². The minimum atomic E-state index is 0.265. The number of aliphatic hydroxyl groups excluding tert-OH is 1. The Bertz CT molecular complexity index is 189. The van der Waals surface area contributed by atoms with Gasteiger partial charge >= 0.3 is 0 Å². The van der Waals surface area contributed by atoms with Gasteiger partial charge in [0.1, 0.15) is 0 Å². The van der Waals surface area contributed by atoms with Crippen LogP contribution in [0.2, 0.25) is 0 Å². The first-order chi connectivity index (χ1) is 7.22. The molecule has 0 aromatic heterocycles. The van der Waals surface area contributed by atoms with E-state index in [1.165, 1.54) is 19.3 Å². The molecule has 2 heteroatoms. The van der Waals surface area contributed by atoms with Crippen LogP contribution in [0.3, 0.4) is 0 Å². The SMILES string of the molecule is CC(C)C[C@H](CO)NC[C@H]1CC=CCC1. The third-order valence-electron chi connectivity index (χ3n) is 3.05. The van der Waals surface area contributed by atoms with Gasteiger partial charge in [0, 0.05) is 6.04 Å². The van der Waals surface area contributed by atoms with E-state index in [0.717, 1.165) is 18.9 Å². The molecular weight excluding hydrogens is 186 g/mol. The maximum absolute atomic E-state index is 9.23. The van der Waals surface area contributed by atoms with Gasteiger partial charge in [-0.15, -0.1) is 0 Å². The van der Waals surface area contributed by atoms with Crippen LogP contribution < -0.4 is 5.32 Å². The minimum absolute atomic E-state index is 0.265. The normalized spacial score (nSPS) is 23.3. The van der Waals surface area contributed by atoms with Gasteiger partial charge in [-0.05, 0) is 44.1 Å². The van der Waals surface area contributed by atoms with Gasteiger partial charge in [0.05, 0.1) is 6.61 Å². The monoisotopic (exact) mass is 211 g/mol. The van der Waals surface area contributed by atoms with Crippen LogP contribution in [0.15, 0.2) is 12.2 Å². The fourth-order valence-electron chi connectivity index (χ4n) is 2.17. The topological polar surface area (TPSA) is 32.3 Å². The van der Waals surface area contributed by atoms with Gasteiger partial charge in [0.2, 0.25) is 0 Å². The predicted octanol–water partition coefficient (Wildman–Crippen LogP) is 2.34. The molecule has 0 bridgehead atoms. The molecule has 1 aliphatic rings. The summed E-state index contributed by atoms with van der Waals surface area (Å²) in [7, 11) is 0. The Morgan fingerprint density at radius 2 is 2.20 bits per heavy atom. The van der Waals surface area contributed by atoms with Crippen molar-refractivity contribution in [2.75, 3.05) is 13.2 Å². The molecule has 0 saturated carbocycles. The second kappa shape index (κ2) is 7.02. The van der Waals surface area contributed by atoms with Crippen LogP contribution >= 0.6 is 0 Å². The summed E-state index contributed by atoms with van der Waals surface area (Å²) in [5, 5.41) is 12.7. The van der Waals surface area contributed by atoms with E-state index < -0.39 is 0 Å². The fraction of sp³-hybridized carbons (Fsp3) is 0.846. The molecule has 15 heavy (non-hydrogen) atoms. The molecule has 0 aliphatic heterocycles. The van der Waals surface area contributed by atoms with Crippen LogP contribution in [0.5, 0.6) is 0 Å². The summed E-state index contributed by atoms with van der Waals surface area (Å²) in [6.07, 6.45) is 9.34. The number of hydrogen-bond acceptors (Lipinski definition) is 2. The van der Waals surface area contributed by atoms with Gasteiger partial charge in [-0.1, -0.05) is 26.0 Å². The fourth-order valence-corrected chi connectivity index (χ4v) is 2.17. The predicted molar refractivity (Wildman–Crippen MR) is 64.8 cm³/mol. The Morgan fingerprint density at radius 1 is 1.40 bits per heavy atom. The molecule has 0 amide bonds. The molecule has 88 valence electrons. The zero-order valence-electron chi connectivity index (χ0n) is 10.1. The summed E-state index contributed by atoms with van der Waals surface area (Å²) in [6.45, 7) is 5.73. The Hall–Kier alpha value is -0.340. The number of aliphatic hydroxyl groups is 1. The largest absolute Gasteiger partial charge is 0.395 e. The van der Waals surface area contributed by atoms with E-state index in [1.54, 1.807) is 0 Å². The standard InChI is InChI=1S/C13H25NO/c1-11(2)8-13(10-15)14-9-12-6-4-3-5-7-12/h3-4,11-15H,5-10H2,1-2H3/t12-,13+/m0/s1. The van der Waals surface area contributed by atoms with E-state index in [1.807, 2.05) is 0 Å². The van der Waals surface area contributed by atoms with Crippen molar-refractivity contribution in [1.82, 2.24) is 5.32 Å². The van der Waals surface area contributed by atoms with Crippen molar-refractivity contribution < 1.29 is 5.11 Å². The Morgan fingerprint density at radius 3 is 2.73 bits per heavy atom. The quantitative estimate of drug-likeness (QED) is 0.661. The first-order valence-electron chi connectivity index (χ1n) is 6.21. The van der Waals surface area contributed by atoms with E-state index >= 15 is 0 Å². The minimum Gasteiger partial charge on any atom is -0.395 e. The van der Waals surface area contributed by atoms with Gasteiger partial charge in [0.25, 0.3) is 0 Å². The average Bonchev–Trinajstić information content (AvgIpc) is 2.25. The highest BCUT2D eigenvalue weighted by atomic mass is 16.3. The molecule has 0 saturated heterocycles. The van der Waals surface area contributed by atoms with E-state index in [-0.39, 0.29) is 12.6 Å². The maximum Gasteiger partial charge on any atom is 0.0584 e. The second-order valence-electron chi connectivity index (χ2n) is 5.07. The lowest BCUT2D eigenvalue weighted by Crippen LogP contribution is -2.37. The summed E-state index contributed by atoms with van der Waals surface area (Å²) < 4.78 is 0. The number of allylic oxidation sites excluding steroid dienone is 2. The summed E-state index contributed by atoms with van der Waals surface area (Å²) in [5.41, 5.74) is 0. The zero-order valence-corrected chi connectivity index (χ0v) is 10.1. The first-order valence-corrected chi connectivity index (χ1v) is 6.21. The van der Waals surface area contributed by atoms with Gasteiger partial charge < -0.3 is 10.4 Å². The van der Waals surface area contributed by atoms with Crippen molar-refractivity contribution in [2.24, 2.45) is 11.8 Å². The van der Waals surface area contributed by atoms with E-state index in [0.29, 0.717) is 5.92 Å². The van der Waals surface area contributed by atoms with Crippen LogP contribution in [0.4, 0.5) is 0 Å². The highest BCUT2D eigenvalue weighted by Crippen LogP contribution is 2.17. The van der Waals surface area contributed by atoms with Crippen molar-refractivity contribution in [3.63, 3.8) is 0 Å². The molecule has 1 aliphatic carbocycles. The van der Waals surface area contributed by atoms with Crippen LogP contribution in [0.25, 0.3) is 0 Å². The Kier molecular flexibility index (Phi) is 5.96. The van der Waals surface area contributed by atoms with E-state index in [2.05, 4.69) is 31.3 Å². The lowest BCUT2D eigenvalue weighted by Gasteiger charge is -2.23. The molecule has 2 nitrogen and oxygen atoms in total. The molecule has 0 aromatic rings. The van der Waals surface area contributed by atoms with E-state index in [4.69, 9.17) is 0 Å². The van der Waals surface area contributed by atoms with Gasteiger partial charge in [0.15, 0.2) is 0 Å². The summed E-state index contributed by atoms with van der Waals surface area (Å²) in [6, 6.07) is 0.288. The van der Waals surface area contributed by atoms with Crippen molar-refractivity contribution in [2.45, 2.75) is 45.6 Å². The summed E-state index contributed by atoms with van der Waals surface area (Å²) in [5.74, 6) is 1.43. The molecule has 0 fully saturated rings. The molecular formula is C13H25NO. The molecule has 0 aromatic carbocycles. The Balaban J connectivity index is 2.18. The number of hydrogen-bond donors (Lipinski definition) is 2. The molecule has 0 spiro atoms. The van der Waals surface area contributed by atoms with E-state index in [9.17, 15) is 5.11 Å². The molecule has 2 N–H and O–H groups in total. The van der Waals surface area contributed by atoms with Crippen molar-refractivity contribution >= 4 is 0 Å². The smallest absolute Gasteiger partial charge is 0.0584 e. The molecule has 2 atom stereocenters. The van der Waals surface area contributed by atoms with Gasteiger partial charge in [-0.2, -0.15) is 0 Å². The third-order valence-corrected chi connectivity index (χ3v) is 3.05. The molecule has 1 rings (SSSR count).